The van der Waals surface area contributed by atoms with Crippen molar-refractivity contribution >= 4 is 11.5 Å². The number of nitrogens with zero attached hydrogens (tertiary/aromatic N) is 1. The molecule has 0 radical (unpaired) electrons. The van der Waals surface area contributed by atoms with Gasteiger partial charge in [0.2, 0.25) is 0 Å². The van der Waals surface area contributed by atoms with E-state index in [1.807, 2.05) is 24.3 Å². The smallest absolute Gasteiger partial charge is 0.122 e. The second-order valence-corrected chi connectivity index (χ2v) is 4.79. The minimum Gasteiger partial charge on any atom is -0.384 e. The molecular weight excluding hydrogens is 226 g/mol. The second-order valence-electron chi connectivity index (χ2n) is 4.79. The van der Waals surface area contributed by atoms with Gasteiger partial charge in [-0.1, -0.05) is 13.8 Å². The van der Waals surface area contributed by atoms with Gasteiger partial charge in [0.25, 0.3) is 0 Å². The van der Waals surface area contributed by atoms with Gasteiger partial charge in [-0.2, -0.15) is 0 Å². The van der Waals surface area contributed by atoms with E-state index in [2.05, 4.69) is 18.7 Å². The molecule has 3 N–H and O–H groups in total. The first kappa shape index (κ1) is 14.5. The van der Waals surface area contributed by atoms with Gasteiger partial charge in [-0.05, 0) is 30.2 Å². The maximum Gasteiger partial charge on any atom is 0.122 e. The van der Waals surface area contributed by atoms with Gasteiger partial charge < -0.3 is 15.4 Å². The third kappa shape index (κ3) is 4.37. The molecule has 100 valence electrons. The molecule has 4 heteroatoms. The summed E-state index contributed by atoms with van der Waals surface area (Å²) in [6, 6.07) is 7.79. The van der Waals surface area contributed by atoms with Crippen molar-refractivity contribution in [2.45, 2.75) is 13.8 Å². The minimum atomic E-state index is 0.105. The van der Waals surface area contributed by atoms with Crippen LogP contribution in [-0.2, 0) is 4.74 Å². The Hall–Kier alpha value is -1.55. The van der Waals surface area contributed by atoms with Crippen LogP contribution in [0.3, 0.4) is 0 Å². The maximum atomic E-state index is 7.38. The van der Waals surface area contributed by atoms with Crippen molar-refractivity contribution in [3.05, 3.63) is 29.8 Å². The van der Waals surface area contributed by atoms with E-state index in [9.17, 15) is 0 Å². The average Bonchev–Trinajstić information content (AvgIpc) is 2.34. The second kappa shape index (κ2) is 7.01. The predicted octanol–water partition coefficient (Wildman–Crippen LogP) is 2.08. The van der Waals surface area contributed by atoms with Crippen molar-refractivity contribution in [2.24, 2.45) is 11.7 Å². The number of amidine groups is 1. The summed E-state index contributed by atoms with van der Waals surface area (Å²) < 4.78 is 5.14. The zero-order valence-corrected chi connectivity index (χ0v) is 11.4. The van der Waals surface area contributed by atoms with E-state index in [0.717, 1.165) is 24.3 Å². The van der Waals surface area contributed by atoms with Crippen LogP contribution in [-0.4, -0.2) is 32.6 Å². The van der Waals surface area contributed by atoms with Crippen LogP contribution in [0.4, 0.5) is 5.69 Å². The SMILES string of the molecule is COCCN(CC(C)C)c1ccc(C(=N)N)cc1. The van der Waals surface area contributed by atoms with Crippen molar-refractivity contribution < 1.29 is 4.74 Å². The Morgan fingerprint density at radius 1 is 1.33 bits per heavy atom. The van der Waals surface area contributed by atoms with Gasteiger partial charge in [0.05, 0.1) is 6.61 Å². The molecule has 0 heterocycles. The number of nitrogen functional groups attached to an aromatic ring is 1. The highest BCUT2D eigenvalue weighted by atomic mass is 16.5. The normalized spacial score (nSPS) is 10.7. The largest absolute Gasteiger partial charge is 0.384 e. The summed E-state index contributed by atoms with van der Waals surface area (Å²) >= 11 is 0. The molecule has 1 aromatic rings. The summed E-state index contributed by atoms with van der Waals surface area (Å²) in [5, 5.41) is 7.38. The fourth-order valence-corrected chi connectivity index (χ4v) is 1.82. The Morgan fingerprint density at radius 2 is 1.94 bits per heavy atom. The standard InChI is InChI=1S/C14H23N3O/c1-11(2)10-17(8-9-18-3)13-6-4-12(5-7-13)14(15)16/h4-7,11H,8-10H2,1-3H3,(H3,15,16). The van der Waals surface area contributed by atoms with Crippen LogP contribution < -0.4 is 10.6 Å². The highest BCUT2D eigenvalue weighted by Crippen LogP contribution is 2.16. The monoisotopic (exact) mass is 249 g/mol. The van der Waals surface area contributed by atoms with Gasteiger partial charge in [-0.15, -0.1) is 0 Å². The molecule has 0 saturated carbocycles. The van der Waals surface area contributed by atoms with E-state index < -0.39 is 0 Å². The molecule has 4 nitrogen and oxygen atoms in total. The molecule has 0 atom stereocenters. The molecule has 1 rings (SSSR count). The molecule has 0 aromatic heterocycles. The van der Waals surface area contributed by atoms with Crippen molar-refractivity contribution in [1.82, 2.24) is 0 Å². The quantitative estimate of drug-likeness (QED) is 0.574. The number of hydrogen-bond acceptors (Lipinski definition) is 3. The fourth-order valence-electron chi connectivity index (χ4n) is 1.82. The van der Waals surface area contributed by atoms with Crippen LogP contribution in [0.5, 0.6) is 0 Å². The lowest BCUT2D eigenvalue weighted by Crippen LogP contribution is -2.31. The fraction of sp³-hybridized carbons (Fsp3) is 0.500. The van der Waals surface area contributed by atoms with Crippen LogP contribution in [0.15, 0.2) is 24.3 Å². The molecule has 0 spiro atoms. The van der Waals surface area contributed by atoms with Crippen LogP contribution in [0, 0.1) is 11.3 Å². The summed E-state index contributed by atoms with van der Waals surface area (Å²) in [6.45, 7) is 6.96. The number of methoxy groups -OCH3 is 1. The predicted molar refractivity (Wildman–Crippen MR) is 76.4 cm³/mol. The van der Waals surface area contributed by atoms with Crippen LogP contribution in [0.25, 0.3) is 0 Å². The molecule has 0 unspecified atom stereocenters. The van der Waals surface area contributed by atoms with Crippen molar-refractivity contribution in [2.75, 3.05) is 31.7 Å². The van der Waals surface area contributed by atoms with Crippen molar-refractivity contribution in [3.63, 3.8) is 0 Å². The van der Waals surface area contributed by atoms with Crippen LogP contribution in [0.1, 0.15) is 19.4 Å². The van der Waals surface area contributed by atoms with Gasteiger partial charge in [-0.3, -0.25) is 5.41 Å². The Labute approximate surface area is 109 Å². The number of ether oxygens (including phenoxy) is 1. The van der Waals surface area contributed by atoms with Gasteiger partial charge in [0.1, 0.15) is 5.84 Å². The van der Waals surface area contributed by atoms with Gasteiger partial charge >= 0.3 is 0 Å². The number of nitrogens with one attached hydrogen (secondary N) is 1. The lowest BCUT2D eigenvalue weighted by molar-refractivity contribution is 0.204. The third-order valence-electron chi connectivity index (χ3n) is 2.69. The number of hydrogen-bond donors (Lipinski definition) is 2. The van der Waals surface area contributed by atoms with E-state index >= 15 is 0 Å². The summed E-state index contributed by atoms with van der Waals surface area (Å²) in [4.78, 5) is 2.29. The van der Waals surface area contributed by atoms with E-state index in [1.54, 1.807) is 7.11 Å². The van der Waals surface area contributed by atoms with Crippen molar-refractivity contribution in [1.29, 1.82) is 5.41 Å². The Kier molecular flexibility index (Phi) is 5.65. The molecule has 0 amide bonds. The highest BCUT2D eigenvalue weighted by Gasteiger charge is 2.08. The number of nitrogens with two attached hydrogens (primary N) is 1. The van der Waals surface area contributed by atoms with Gasteiger partial charge in [0.15, 0.2) is 0 Å². The average molecular weight is 249 g/mol. The van der Waals surface area contributed by atoms with E-state index in [-0.39, 0.29) is 5.84 Å². The molecule has 18 heavy (non-hydrogen) atoms. The van der Waals surface area contributed by atoms with E-state index in [0.29, 0.717) is 12.5 Å². The lowest BCUT2D eigenvalue weighted by atomic mass is 10.1. The molecular formula is C14H23N3O. The molecule has 0 saturated heterocycles. The number of anilines is 1. The summed E-state index contributed by atoms with van der Waals surface area (Å²) in [5.41, 5.74) is 7.35. The van der Waals surface area contributed by atoms with E-state index in [1.165, 1.54) is 0 Å². The van der Waals surface area contributed by atoms with E-state index in [4.69, 9.17) is 15.9 Å². The molecule has 0 aliphatic carbocycles. The number of benzene rings is 1. The third-order valence-corrected chi connectivity index (χ3v) is 2.69. The zero-order chi connectivity index (χ0) is 13.5. The first-order chi connectivity index (χ1) is 8.54. The Bertz CT molecular complexity index is 373. The zero-order valence-electron chi connectivity index (χ0n) is 11.4. The Morgan fingerprint density at radius 3 is 2.39 bits per heavy atom. The first-order valence-corrected chi connectivity index (χ1v) is 6.23. The van der Waals surface area contributed by atoms with Gasteiger partial charge in [0, 0.05) is 31.5 Å². The van der Waals surface area contributed by atoms with Crippen molar-refractivity contribution in [3.8, 4) is 0 Å². The summed E-state index contributed by atoms with van der Waals surface area (Å²) in [6.07, 6.45) is 0. The topological polar surface area (TPSA) is 62.3 Å². The minimum absolute atomic E-state index is 0.105. The highest BCUT2D eigenvalue weighted by molar-refractivity contribution is 5.95. The van der Waals surface area contributed by atoms with Crippen LogP contribution in [0.2, 0.25) is 0 Å². The Balaban J connectivity index is 2.80. The molecule has 0 aliphatic heterocycles. The first-order valence-electron chi connectivity index (χ1n) is 6.23. The molecule has 1 aromatic carbocycles. The van der Waals surface area contributed by atoms with Gasteiger partial charge in [-0.25, -0.2) is 0 Å². The number of rotatable bonds is 7. The maximum absolute atomic E-state index is 7.38. The lowest BCUT2D eigenvalue weighted by Gasteiger charge is -2.26. The molecule has 0 fully saturated rings. The van der Waals surface area contributed by atoms with Crippen LogP contribution >= 0.6 is 0 Å². The molecule has 0 bridgehead atoms. The molecule has 0 aliphatic rings. The summed E-state index contributed by atoms with van der Waals surface area (Å²) in [7, 11) is 1.71. The summed E-state index contributed by atoms with van der Waals surface area (Å²) in [5.74, 6) is 0.697.